The molecule has 1 aromatic carbocycles. The van der Waals surface area contributed by atoms with E-state index in [9.17, 15) is 22.8 Å². The van der Waals surface area contributed by atoms with Crippen molar-refractivity contribution in [3.05, 3.63) is 35.4 Å². The van der Waals surface area contributed by atoms with Gasteiger partial charge in [0.2, 0.25) is 5.91 Å². The fraction of sp³-hybridized carbons (Fsp3) is 0.667. The van der Waals surface area contributed by atoms with Gasteiger partial charge in [-0.05, 0) is 69.3 Å². The zero-order chi connectivity index (χ0) is 22.9. The first-order chi connectivity index (χ1) is 15.3. The quantitative estimate of drug-likeness (QED) is 0.679. The highest BCUT2D eigenvalue weighted by Crippen LogP contribution is 2.35. The number of piperidine rings is 2. The average molecular weight is 452 g/mol. The van der Waals surface area contributed by atoms with Crippen LogP contribution in [0, 0.1) is 5.92 Å². The lowest BCUT2D eigenvalue weighted by atomic mass is 9.92. The van der Waals surface area contributed by atoms with Crippen molar-refractivity contribution >= 4 is 11.8 Å². The fourth-order valence-electron chi connectivity index (χ4n) is 5.05. The second-order valence-electron chi connectivity index (χ2n) is 9.28. The number of likely N-dealkylation sites (tertiary alicyclic amines) is 2. The Labute approximate surface area is 187 Å². The van der Waals surface area contributed by atoms with Crippen molar-refractivity contribution in [2.75, 3.05) is 32.7 Å². The number of hydrogen-bond acceptors (Lipinski definition) is 3. The van der Waals surface area contributed by atoms with Crippen LogP contribution in [0.4, 0.5) is 13.2 Å². The molecule has 0 bridgehead atoms. The van der Waals surface area contributed by atoms with Gasteiger partial charge in [-0.1, -0.05) is 6.92 Å². The Balaban J connectivity index is 1.33. The number of carbonyl (C=O) groups excluding carboxylic acids is 2. The maximum Gasteiger partial charge on any atom is 0.416 e. The highest BCUT2D eigenvalue weighted by Gasteiger charge is 2.41. The molecule has 1 aliphatic carbocycles. The first-order valence-electron chi connectivity index (χ1n) is 11.8. The average Bonchev–Trinajstić information content (AvgIpc) is 3.64. The molecular weight excluding hydrogens is 419 g/mol. The Bertz CT molecular complexity index is 807. The van der Waals surface area contributed by atoms with Crippen LogP contribution in [-0.2, 0) is 11.0 Å². The second kappa shape index (κ2) is 9.41. The predicted octanol–water partition coefficient (Wildman–Crippen LogP) is 4.03. The number of carbonyl (C=O) groups is 2. The molecule has 2 saturated heterocycles. The van der Waals surface area contributed by atoms with Crippen molar-refractivity contribution in [2.24, 2.45) is 5.92 Å². The molecule has 5 nitrogen and oxygen atoms in total. The first kappa shape index (κ1) is 23.1. The molecule has 0 radical (unpaired) electrons. The molecule has 0 aromatic heterocycles. The highest BCUT2D eigenvalue weighted by atomic mass is 19.4. The molecule has 2 amide bonds. The maximum absolute atomic E-state index is 13.4. The van der Waals surface area contributed by atoms with Crippen molar-refractivity contribution in [3.63, 3.8) is 0 Å². The van der Waals surface area contributed by atoms with Gasteiger partial charge >= 0.3 is 6.18 Å². The van der Waals surface area contributed by atoms with Crippen LogP contribution in [0.5, 0.6) is 0 Å². The molecule has 3 fully saturated rings. The Morgan fingerprint density at radius 3 is 1.97 bits per heavy atom. The summed E-state index contributed by atoms with van der Waals surface area (Å²) in [4.78, 5) is 32.4. The number of halogens is 3. The lowest BCUT2D eigenvalue weighted by molar-refractivity contribution is -0.141. The van der Waals surface area contributed by atoms with Gasteiger partial charge in [0.1, 0.15) is 0 Å². The Kier molecular flexibility index (Phi) is 6.79. The summed E-state index contributed by atoms with van der Waals surface area (Å²) >= 11 is 0. The number of rotatable bonds is 5. The van der Waals surface area contributed by atoms with Crippen LogP contribution in [0.15, 0.2) is 24.3 Å². The van der Waals surface area contributed by atoms with Gasteiger partial charge in [-0.2, -0.15) is 13.2 Å². The number of benzene rings is 1. The van der Waals surface area contributed by atoms with Crippen molar-refractivity contribution in [2.45, 2.75) is 63.7 Å². The van der Waals surface area contributed by atoms with Crippen LogP contribution >= 0.6 is 0 Å². The topological polar surface area (TPSA) is 43.9 Å². The van der Waals surface area contributed by atoms with Gasteiger partial charge < -0.3 is 14.7 Å². The van der Waals surface area contributed by atoms with Crippen LogP contribution < -0.4 is 0 Å². The molecule has 0 unspecified atom stereocenters. The summed E-state index contributed by atoms with van der Waals surface area (Å²) in [7, 11) is 0. The van der Waals surface area contributed by atoms with Gasteiger partial charge in [0.25, 0.3) is 5.91 Å². The minimum absolute atomic E-state index is 0.0727. The van der Waals surface area contributed by atoms with Gasteiger partial charge in [-0.25, -0.2) is 0 Å². The third-order valence-corrected chi connectivity index (χ3v) is 7.18. The largest absolute Gasteiger partial charge is 0.416 e. The van der Waals surface area contributed by atoms with E-state index in [0.29, 0.717) is 38.0 Å². The number of nitrogens with zero attached hydrogens (tertiary/aromatic N) is 3. The van der Waals surface area contributed by atoms with Crippen LogP contribution in [0.2, 0.25) is 0 Å². The summed E-state index contributed by atoms with van der Waals surface area (Å²) in [6.07, 6.45) is 1.05. The van der Waals surface area contributed by atoms with Crippen LogP contribution in [-0.4, -0.2) is 71.3 Å². The maximum atomic E-state index is 13.4. The fourth-order valence-corrected chi connectivity index (χ4v) is 5.05. The lowest BCUT2D eigenvalue weighted by Crippen LogP contribution is -2.51. The molecule has 0 spiro atoms. The van der Waals surface area contributed by atoms with E-state index in [1.54, 1.807) is 4.90 Å². The minimum Gasteiger partial charge on any atom is -0.339 e. The molecule has 3 aliphatic rings. The van der Waals surface area contributed by atoms with E-state index in [-0.39, 0.29) is 23.3 Å². The third-order valence-electron chi connectivity index (χ3n) is 7.18. The SMILES string of the molecule is CCN1CCC(N(C(=O)C2CCN(C(=O)c3ccc(C(F)(F)F)cc3)CC2)C2CC2)CC1. The van der Waals surface area contributed by atoms with Crippen molar-refractivity contribution < 1.29 is 22.8 Å². The van der Waals surface area contributed by atoms with Crippen LogP contribution in [0.1, 0.15) is 61.4 Å². The molecular formula is C24H32F3N3O2. The summed E-state index contributed by atoms with van der Waals surface area (Å²) in [5, 5.41) is 0. The monoisotopic (exact) mass is 451 g/mol. The summed E-state index contributed by atoms with van der Waals surface area (Å²) < 4.78 is 38.3. The minimum atomic E-state index is -4.42. The third kappa shape index (κ3) is 5.11. The molecule has 32 heavy (non-hydrogen) atoms. The number of alkyl halides is 3. The first-order valence-corrected chi connectivity index (χ1v) is 11.8. The second-order valence-corrected chi connectivity index (χ2v) is 9.28. The lowest BCUT2D eigenvalue weighted by Gasteiger charge is -2.41. The normalized spacial score (nSPS) is 21.6. The summed E-state index contributed by atoms with van der Waals surface area (Å²) in [5.74, 6) is -0.101. The highest BCUT2D eigenvalue weighted by molar-refractivity contribution is 5.94. The molecule has 1 saturated carbocycles. The van der Waals surface area contributed by atoms with Gasteiger partial charge in [0, 0.05) is 49.7 Å². The standard InChI is InChI=1S/C24H32F3N3O2/c1-2-28-13-11-21(12-14-28)30(20-7-8-20)23(32)18-9-15-29(16-10-18)22(31)17-3-5-19(6-4-17)24(25,26)27/h3-6,18,20-21H,2,7-16H2,1H3. The van der Waals surface area contributed by atoms with Gasteiger partial charge in [0.05, 0.1) is 5.56 Å². The zero-order valence-corrected chi connectivity index (χ0v) is 18.6. The summed E-state index contributed by atoms with van der Waals surface area (Å²) in [6, 6.07) is 5.07. The predicted molar refractivity (Wildman–Crippen MR) is 115 cm³/mol. The molecule has 2 aliphatic heterocycles. The Morgan fingerprint density at radius 1 is 0.906 bits per heavy atom. The van der Waals surface area contributed by atoms with E-state index in [1.165, 1.54) is 12.1 Å². The van der Waals surface area contributed by atoms with Gasteiger partial charge in [-0.3, -0.25) is 9.59 Å². The molecule has 2 heterocycles. The van der Waals surface area contributed by atoms with E-state index in [2.05, 4.69) is 16.7 Å². The Hall–Kier alpha value is -2.09. The molecule has 0 N–H and O–H groups in total. The zero-order valence-electron chi connectivity index (χ0n) is 18.6. The Morgan fingerprint density at radius 2 is 1.47 bits per heavy atom. The van der Waals surface area contributed by atoms with E-state index < -0.39 is 11.7 Å². The van der Waals surface area contributed by atoms with Crippen LogP contribution in [0.25, 0.3) is 0 Å². The van der Waals surface area contributed by atoms with E-state index in [0.717, 1.165) is 57.5 Å². The molecule has 0 atom stereocenters. The number of amides is 2. The molecule has 176 valence electrons. The number of hydrogen-bond donors (Lipinski definition) is 0. The summed E-state index contributed by atoms with van der Waals surface area (Å²) in [5.41, 5.74) is -0.506. The van der Waals surface area contributed by atoms with E-state index in [1.807, 2.05) is 0 Å². The molecule has 1 aromatic rings. The van der Waals surface area contributed by atoms with Crippen molar-refractivity contribution in [3.8, 4) is 0 Å². The smallest absolute Gasteiger partial charge is 0.339 e. The van der Waals surface area contributed by atoms with E-state index in [4.69, 9.17) is 0 Å². The van der Waals surface area contributed by atoms with Crippen molar-refractivity contribution in [1.29, 1.82) is 0 Å². The van der Waals surface area contributed by atoms with Gasteiger partial charge in [-0.15, -0.1) is 0 Å². The van der Waals surface area contributed by atoms with E-state index >= 15 is 0 Å². The van der Waals surface area contributed by atoms with Crippen LogP contribution in [0.3, 0.4) is 0 Å². The molecule has 8 heteroatoms. The van der Waals surface area contributed by atoms with Gasteiger partial charge in [0.15, 0.2) is 0 Å². The molecule has 4 rings (SSSR count). The van der Waals surface area contributed by atoms with Crippen molar-refractivity contribution in [1.82, 2.24) is 14.7 Å². The summed E-state index contributed by atoms with van der Waals surface area (Å²) in [6.45, 7) is 6.22.